The molecule has 0 saturated carbocycles. The third-order valence-electron chi connectivity index (χ3n) is 6.07. The summed E-state index contributed by atoms with van der Waals surface area (Å²) in [5, 5.41) is 14.2. The van der Waals surface area contributed by atoms with E-state index in [0.717, 1.165) is 36.8 Å². The summed E-state index contributed by atoms with van der Waals surface area (Å²) in [5.74, 6) is 7.32. The van der Waals surface area contributed by atoms with Gasteiger partial charge in [0.25, 0.3) is 0 Å². The zero-order chi connectivity index (χ0) is 23.0. The summed E-state index contributed by atoms with van der Waals surface area (Å²) in [5.41, 5.74) is 7.31. The average Bonchev–Trinajstić information content (AvgIpc) is 3.47. The minimum Gasteiger partial charge on any atom is -0.371 e. The van der Waals surface area contributed by atoms with Crippen LogP contribution in [-0.2, 0) is 5.60 Å². The molecule has 0 aliphatic carbocycles. The first kappa shape index (κ1) is 21.5. The van der Waals surface area contributed by atoms with Crippen molar-refractivity contribution in [1.82, 2.24) is 29.4 Å². The van der Waals surface area contributed by atoms with Gasteiger partial charge in [0.1, 0.15) is 16.5 Å². The average molecular weight is 460 g/mol. The maximum Gasteiger partial charge on any atom is 0.221 e. The lowest BCUT2D eigenvalue weighted by molar-refractivity contribution is 0.122. The number of nitrogens with two attached hydrogens (primary N) is 1. The van der Waals surface area contributed by atoms with Gasteiger partial charge in [-0.15, -0.1) is 11.3 Å². The molecule has 1 fully saturated rings. The predicted molar refractivity (Wildman–Crippen MR) is 129 cm³/mol. The first-order chi connectivity index (χ1) is 15.9. The molecule has 0 radical (unpaired) electrons. The Hall–Kier alpha value is -3.32. The Morgan fingerprint density at radius 2 is 2.03 bits per heavy atom. The molecule has 8 nitrogen and oxygen atoms in total. The van der Waals surface area contributed by atoms with Gasteiger partial charge in [0, 0.05) is 35.6 Å². The summed E-state index contributed by atoms with van der Waals surface area (Å²) >= 11 is 1.37. The maximum absolute atomic E-state index is 10.7. The number of anilines is 1. The minimum atomic E-state index is -1.34. The fourth-order valence-corrected chi connectivity index (χ4v) is 4.90. The Labute approximate surface area is 196 Å². The van der Waals surface area contributed by atoms with Crippen LogP contribution >= 0.6 is 11.3 Å². The second kappa shape index (κ2) is 8.56. The first-order valence-electron chi connectivity index (χ1n) is 10.8. The predicted octanol–water partition coefficient (Wildman–Crippen LogP) is 2.92. The van der Waals surface area contributed by atoms with Crippen LogP contribution in [0, 0.1) is 11.8 Å². The van der Waals surface area contributed by atoms with Gasteiger partial charge in [-0.25, -0.2) is 15.0 Å². The van der Waals surface area contributed by atoms with Crippen molar-refractivity contribution in [3.63, 3.8) is 0 Å². The van der Waals surface area contributed by atoms with Crippen LogP contribution in [0.5, 0.6) is 0 Å². The number of nitrogen functional groups attached to an aromatic ring is 1. The third kappa shape index (κ3) is 4.33. The van der Waals surface area contributed by atoms with Crippen LogP contribution in [-0.4, -0.2) is 54.6 Å². The van der Waals surface area contributed by atoms with Crippen LogP contribution in [0.2, 0.25) is 0 Å². The zero-order valence-corrected chi connectivity index (χ0v) is 19.4. The Kier molecular flexibility index (Phi) is 5.58. The van der Waals surface area contributed by atoms with E-state index in [1.807, 2.05) is 28.3 Å². The zero-order valence-electron chi connectivity index (χ0n) is 18.6. The van der Waals surface area contributed by atoms with Gasteiger partial charge in [0.15, 0.2) is 5.60 Å². The number of hydrogen-bond acceptors (Lipinski definition) is 8. The van der Waals surface area contributed by atoms with Crippen LogP contribution in [0.15, 0.2) is 42.3 Å². The smallest absolute Gasteiger partial charge is 0.221 e. The van der Waals surface area contributed by atoms with Crippen LogP contribution in [0.4, 0.5) is 5.95 Å². The van der Waals surface area contributed by atoms with Gasteiger partial charge in [0.05, 0.1) is 5.52 Å². The summed E-state index contributed by atoms with van der Waals surface area (Å²) in [7, 11) is 2.16. The Balaban J connectivity index is 1.60. The third-order valence-corrected chi connectivity index (χ3v) is 7.05. The number of rotatable bonds is 3. The topological polar surface area (TPSA) is 106 Å². The van der Waals surface area contributed by atoms with Crippen molar-refractivity contribution in [2.45, 2.75) is 31.3 Å². The van der Waals surface area contributed by atoms with Crippen molar-refractivity contribution >= 4 is 28.2 Å². The lowest BCUT2D eigenvalue weighted by atomic mass is 9.90. The molecule has 0 amide bonds. The van der Waals surface area contributed by atoms with E-state index in [9.17, 15) is 5.11 Å². The van der Waals surface area contributed by atoms with E-state index in [2.05, 4.69) is 49.9 Å². The molecule has 1 saturated heterocycles. The Morgan fingerprint density at radius 3 is 2.76 bits per heavy atom. The van der Waals surface area contributed by atoms with Crippen molar-refractivity contribution in [3.05, 3.63) is 58.6 Å². The van der Waals surface area contributed by atoms with Crippen molar-refractivity contribution < 1.29 is 5.11 Å². The summed E-state index contributed by atoms with van der Waals surface area (Å²) in [6, 6.07) is 3.78. The molecule has 5 heterocycles. The van der Waals surface area contributed by atoms with Gasteiger partial charge >= 0.3 is 0 Å². The van der Waals surface area contributed by atoms with Crippen molar-refractivity contribution in [1.29, 1.82) is 0 Å². The minimum absolute atomic E-state index is 0.226. The number of nitrogens with zero attached hydrogens (tertiary/aromatic N) is 6. The number of pyridine rings is 1. The summed E-state index contributed by atoms with van der Waals surface area (Å²) in [6.45, 7) is 3.78. The summed E-state index contributed by atoms with van der Waals surface area (Å²) in [6.07, 6.45) is 9.54. The molecule has 1 atom stereocenters. The molecule has 9 heteroatoms. The van der Waals surface area contributed by atoms with E-state index in [1.165, 1.54) is 16.9 Å². The maximum atomic E-state index is 10.7. The molecule has 0 spiro atoms. The fourth-order valence-electron chi connectivity index (χ4n) is 4.25. The quantitative estimate of drug-likeness (QED) is 0.454. The number of aliphatic hydroxyl groups is 1. The van der Waals surface area contributed by atoms with E-state index in [0.29, 0.717) is 22.4 Å². The molecule has 168 valence electrons. The van der Waals surface area contributed by atoms with Crippen LogP contribution in [0.3, 0.4) is 0 Å². The molecule has 33 heavy (non-hydrogen) atoms. The summed E-state index contributed by atoms with van der Waals surface area (Å²) < 4.78 is 2.03. The van der Waals surface area contributed by atoms with Crippen molar-refractivity contribution in [2.75, 3.05) is 25.9 Å². The van der Waals surface area contributed by atoms with Gasteiger partial charge in [-0.1, -0.05) is 5.92 Å². The van der Waals surface area contributed by atoms with E-state index in [4.69, 9.17) is 5.73 Å². The van der Waals surface area contributed by atoms with Gasteiger partial charge in [-0.2, -0.15) is 4.98 Å². The molecule has 0 aromatic carbocycles. The van der Waals surface area contributed by atoms with Gasteiger partial charge in [0.2, 0.25) is 5.95 Å². The van der Waals surface area contributed by atoms with E-state index >= 15 is 0 Å². The number of likely N-dealkylation sites (tertiary alicyclic amines) is 1. The molecule has 0 bridgehead atoms. The Morgan fingerprint density at radius 1 is 1.21 bits per heavy atom. The highest BCUT2D eigenvalue weighted by molar-refractivity contribution is 7.09. The molecular weight excluding hydrogens is 434 g/mol. The first-order valence-corrected chi connectivity index (χ1v) is 11.7. The number of aromatic nitrogens is 5. The molecule has 3 N–H and O–H groups in total. The lowest BCUT2D eigenvalue weighted by Gasteiger charge is -2.28. The normalized spacial score (nSPS) is 16.9. The molecule has 4 aromatic rings. The van der Waals surface area contributed by atoms with Crippen LogP contribution in [0.25, 0.3) is 16.7 Å². The highest BCUT2D eigenvalue weighted by atomic mass is 32.1. The van der Waals surface area contributed by atoms with Crippen molar-refractivity contribution in [3.8, 4) is 17.7 Å². The van der Waals surface area contributed by atoms with Gasteiger partial charge in [-0.3, -0.25) is 0 Å². The fraction of sp³-hybridized carbons (Fsp3) is 0.333. The lowest BCUT2D eigenvalue weighted by Crippen LogP contribution is -2.29. The number of fused-ring (bicyclic) bond motifs is 1. The monoisotopic (exact) mass is 459 g/mol. The second-order valence-corrected chi connectivity index (χ2v) is 9.45. The van der Waals surface area contributed by atoms with Crippen molar-refractivity contribution in [2.24, 2.45) is 0 Å². The van der Waals surface area contributed by atoms with Gasteiger partial charge < -0.3 is 20.3 Å². The van der Waals surface area contributed by atoms with E-state index in [-0.39, 0.29) is 5.95 Å². The molecule has 1 aliphatic rings. The van der Waals surface area contributed by atoms with E-state index < -0.39 is 5.60 Å². The molecule has 4 aromatic heterocycles. The molecule has 1 unspecified atom stereocenters. The SMILES string of the molecule is CN1CCC(c2cn(-c3ccnc(N)n3)c3cc(C#CC(C)(O)c4nccs4)ncc23)CC1. The number of thiazole rings is 1. The molecule has 5 rings (SSSR count). The number of hydrogen-bond donors (Lipinski definition) is 2. The molecular formula is C24H25N7OS. The number of piperidine rings is 1. The standard InChI is InChI=1S/C24H25N7OS/c1-24(32,22-26-9-12-33-22)7-3-17-13-20-18(14-28-17)19(16-5-10-30(2)11-6-16)15-31(20)21-4-8-27-23(25)29-21/h4,8-9,12-16,32H,5-6,10-11H2,1-2H3,(H2,25,27,29). The summed E-state index contributed by atoms with van der Waals surface area (Å²) in [4.78, 5) is 19.6. The van der Waals surface area contributed by atoms with Gasteiger partial charge in [-0.05, 0) is 69.4 Å². The van der Waals surface area contributed by atoms with E-state index in [1.54, 1.807) is 19.3 Å². The molecule has 1 aliphatic heterocycles. The highest BCUT2D eigenvalue weighted by Crippen LogP contribution is 2.35. The van der Waals surface area contributed by atoms with Crippen LogP contribution < -0.4 is 5.73 Å². The highest BCUT2D eigenvalue weighted by Gasteiger charge is 2.24. The largest absolute Gasteiger partial charge is 0.371 e. The Bertz CT molecular complexity index is 1340. The second-order valence-electron chi connectivity index (χ2n) is 8.55. The van der Waals surface area contributed by atoms with Crippen LogP contribution in [0.1, 0.15) is 41.9 Å².